The van der Waals surface area contributed by atoms with Crippen molar-refractivity contribution < 1.29 is 18.7 Å². The number of rotatable bonds is 5. The number of hydrogen-bond acceptors (Lipinski definition) is 3. The van der Waals surface area contributed by atoms with Crippen LogP contribution in [0.15, 0.2) is 42.5 Å². The minimum atomic E-state index is -0.349. The van der Waals surface area contributed by atoms with E-state index < -0.39 is 0 Å². The third-order valence-corrected chi connectivity index (χ3v) is 2.93. The lowest BCUT2D eigenvalue weighted by molar-refractivity contribution is 0.0992. The highest BCUT2D eigenvalue weighted by Crippen LogP contribution is 2.23. The van der Waals surface area contributed by atoms with Crippen molar-refractivity contribution >= 4 is 5.78 Å². The number of Topliss-reactive ketones (excluding diaryl/α,β-unsaturated/α-hetero) is 1. The molecule has 20 heavy (non-hydrogen) atoms. The lowest BCUT2D eigenvalue weighted by Crippen LogP contribution is -2.04. The lowest BCUT2D eigenvalue weighted by Gasteiger charge is -2.08. The molecule has 0 fully saturated rings. The van der Waals surface area contributed by atoms with Gasteiger partial charge < -0.3 is 9.47 Å². The monoisotopic (exact) mass is 274 g/mol. The fraction of sp³-hybridized carbons (Fsp3) is 0.188. The first kappa shape index (κ1) is 14.1. The Balaban J connectivity index is 2.24. The number of methoxy groups -OCH3 is 2. The summed E-state index contributed by atoms with van der Waals surface area (Å²) >= 11 is 0. The first-order valence-corrected chi connectivity index (χ1v) is 6.13. The Morgan fingerprint density at radius 3 is 2.25 bits per heavy atom. The van der Waals surface area contributed by atoms with Crippen LogP contribution in [0.3, 0.4) is 0 Å². The van der Waals surface area contributed by atoms with Gasteiger partial charge in [0.05, 0.1) is 14.2 Å². The topological polar surface area (TPSA) is 35.5 Å². The summed E-state index contributed by atoms with van der Waals surface area (Å²) in [6.07, 6.45) is 0.133. The SMILES string of the molecule is COc1cc(OC)cc(C(=O)Cc2cccc(F)c2)c1. The molecule has 0 amide bonds. The molecule has 2 rings (SSSR count). The van der Waals surface area contributed by atoms with Crippen LogP contribution in [0, 0.1) is 5.82 Å². The van der Waals surface area contributed by atoms with Crippen LogP contribution >= 0.6 is 0 Å². The van der Waals surface area contributed by atoms with Crippen molar-refractivity contribution in [2.24, 2.45) is 0 Å². The molecule has 2 aromatic carbocycles. The fourth-order valence-corrected chi connectivity index (χ4v) is 1.90. The molecule has 0 aliphatic heterocycles. The van der Waals surface area contributed by atoms with Gasteiger partial charge in [-0.1, -0.05) is 12.1 Å². The number of carbonyl (C=O) groups is 1. The number of halogens is 1. The van der Waals surface area contributed by atoms with Crippen molar-refractivity contribution in [3.63, 3.8) is 0 Å². The number of benzene rings is 2. The van der Waals surface area contributed by atoms with Crippen LogP contribution in [0.25, 0.3) is 0 Å². The Labute approximate surface area is 117 Å². The first-order valence-electron chi connectivity index (χ1n) is 6.13. The Hall–Kier alpha value is -2.36. The largest absolute Gasteiger partial charge is 0.497 e. The number of ether oxygens (including phenoxy) is 2. The molecule has 0 bridgehead atoms. The van der Waals surface area contributed by atoms with Gasteiger partial charge in [-0.25, -0.2) is 4.39 Å². The zero-order valence-electron chi connectivity index (χ0n) is 11.4. The highest BCUT2D eigenvalue weighted by atomic mass is 19.1. The smallest absolute Gasteiger partial charge is 0.167 e. The van der Waals surface area contributed by atoms with E-state index in [1.54, 1.807) is 30.3 Å². The van der Waals surface area contributed by atoms with Crippen LogP contribution < -0.4 is 9.47 Å². The normalized spacial score (nSPS) is 10.2. The second kappa shape index (κ2) is 6.19. The number of ketones is 1. The summed E-state index contributed by atoms with van der Waals surface area (Å²) in [7, 11) is 3.05. The van der Waals surface area contributed by atoms with E-state index in [-0.39, 0.29) is 18.0 Å². The van der Waals surface area contributed by atoms with E-state index in [9.17, 15) is 9.18 Å². The van der Waals surface area contributed by atoms with Crippen molar-refractivity contribution in [2.45, 2.75) is 6.42 Å². The molecule has 0 unspecified atom stereocenters. The molecule has 0 aromatic heterocycles. The molecule has 0 radical (unpaired) electrons. The van der Waals surface area contributed by atoms with Gasteiger partial charge >= 0.3 is 0 Å². The first-order chi connectivity index (χ1) is 9.62. The zero-order valence-corrected chi connectivity index (χ0v) is 11.4. The summed E-state index contributed by atoms with van der Waals surface area (Å²) < 4.78 is 23.4. The van der Waals surface area contributed by atoms with Gasteiger partial charge in [-0.05, 0) is 29.8 Å². The minimum Gasteiger partial charge on any atom is -0.497 e. The molecule has 0 aliphatic rings. The summed E-state index contributed by atoms with van der Waals surface area (Å²) in [6.45, 7) is 0. The van der Waals surface area contributed by atoms with E-state index >= 15 is 0 Å². The molecule has 0 aliphatic carbocycles. The molecule has 3 nitrogen and oxygen atoms in total. The molecule has 2 aromatic rings. The molecule has 104 valence electrons. The Bertz CT molecular complexity index is 601. The van der Waals surface area contributed by atoms with Crippen LogP contribution in [0.1, 0.15) is 15.9 Å². The average Bonchev–Trinajstić information content (AvgIpc) is 2.46. The Kier molecular flexibility index (Phi) is 4.35. The van der Waals surface area contributed by atoms with E-state index in [1.807, 2.05) is 0 Å². The highest BCUT2D eigenvalue weighted by Gasteiger charge is 2.11. The molecule has 0 atom stereocenters. The molecule has 0 spiro atoms. The van der Waals surface area contributed by atoms with Gasteiger partial charge in [0.15, 0.2) is 5.78 Å². The van der Waals surface area contributed by atoms with Gasteiger partial charge in [0.1, 0.15) is 17.3 Å². The molecular weight excluding hydrogens is 259 g/mol. The summed E-state index contributed by atoms with van der Waals surface area (Å²) in [5, 5.41) is 0. The van der Waals surface area contributed by atoms with E-state index in [4.69, 9.17) is 9.47 Å². The van der Waals surface area contributed by atoms with Crippen LogP contribution in [0.2, 0.25) is 0 Å². The summed E-state index contributed by atoms with van der Waals surface area (Å²) in [6, 6.07) is 11.0. The Morgan fingerprint density at radius 1 is 1.05 bits per heavy atom. The van der Waals surface area contributed by atoms with Gasteiger partial charge in [0, 0.05) is 18.1 Å². The Morgan fingerprint density at radius 2 is 1.70 bits per heavy atom. The van der Waals surface area contributed by atoms with Crippen LogP contribution in [0.4, 0.5) is 4.39 Å². The second-order valence-corrected chi connectivity index (χ2v) is 4.33. The van der Waals surface area contributed by atoms with E-state index in [2.05, 4.69) is 0 Å². The minimum absolute atomic E-state index is 0.118. The van der Waals surface area contributed by atoms with E-state index in [0.29, 0.717) is 22.6 Å². The summed E-state index contributed by atoms with van der Waals surface area (Å²) in [4.78, 5) is 12.2. The maximum atomic E-state index is 13.1. The van der Waals surface area contributed by atoms with Gasteiger partial charge in [-0.3, -0.25) is 4.79 Å². The average molecular weight is 274 g/mol. The standard InChI is InChI=1S/C16H15FO3/c1-19-14-8-12(9-15(10-14)20-2)16(18)7-11-4-3-5-13(17)6-11/h3-6,8-10H,7H2,1-2H3. The van der Waals surface area contributed by atoms with Crippen molar-refractivity contribution in [1.29, 1.82) is 0 Å². The van der Waals surface area contributed by atoms with Gasteiger partial charge in [0.25, 0.3) is 0 Å². The second-order valence-electron chi connectivity index (χ2n) is 4.33. The maximum absolute atomic E-state index is 13.1. The lowest BCUT2D eigenvalue weighted by atomic mass is 10.0. The highest BCUT2D eigenvalue weighted by molar-refractivity contribution is 5.98. The predicted molar refractivity (Wildman–Crippen MR) is 74.0 cm³/mol. The molecule has 0 saturated heterocycles. The van der Waals surface area contributed by atoms with Gasteiger partial charge in [-0.2, -0.15) is 0 Å². The van der Waals surface area contributed by atoms with Crippen molar-refractivity contribution in [1.82, 2.24) is 0 Å². The van der Waals surface area contributed by atoms with Crippen LogP contribution in [0.5, 0.6) is 11.5 Å². The third-order valence-electron chi connectivity index (χ3n) is 2.93. The molecule has 4 heteroatoms. The van der Waals surface area contributed by atoms with E-state index in [0.717, 1.165) is 0 Å². The molecule has 0 heterocycles. The van der Waals surface area contributed by atoms with Crippen molar-refractivity contribution in [3.8, 4) is 11.5 Å². The van der Waals surface area contributed by atoms with Crippen molar-refractivity contribution in [3.05, 3.63) is 59.4 Å². The quantitative estimate of drug-likeness (QED) is 0.785. The fourth-order valence-electron chi connectivity index (χ4n) is 1.90. The molecule has 0 saturated carbocycles. The maximum Gasteiger partial charge on any atom is 0.167 e. The number of carbonyl (C=O) groups excluding carboxylic acids is 1. The third kappa shape index (κ3) is 3.35. The van der Waals surface area contributed by atoms with Crippen molar-refractivity contribution in [2.75, 3.05) is 14.2 Å². The van der Waals surface area contributed by atoms with Gasteiger partial charge in [-0.15, -0.1) is 0 Å². The zero-order chi connectivity index (χ0) is 14.5. The molecule has 0 N–H and O–H groups in total. The molecular formula is C16H15FO3. The summed E-state index contributed by atoms with van der Waals surface area (Å²) in [5.74, 6) is 0.630. The van der Waals surface area contributed by atoms with Crippen LogP contribution in [-0.4, -0.2) is 20.0 Å². The van der Waals surface area contributed by atoms with Gasteiger partial charge in [0.2, 0.25) is 0 Å². The van der Waals surface area contributed by atoms with E-state index in [1.165, 1.54) is 26.4 Å². The number of hydrogen-bond donors (Lipinski definition) is 0. The predicted octanol–water partition coefficient (Wildman–Crippen LogP) is 3.27. The van der Waals surface area contributed by atoms with Crippen LogP contribution in [-0.2, 0) is 6.42 Å². The summed E-state index contributed by atoms with van der Waals surface area (Å²) in [5.41, 5.74) is 1.11.